The summed E-state index contributed by atoms with van der Waals surface area (Å²) in [4.78, 5) is 9.18. The summed E-state index contributed by atoms with van der Waals surface area (Å²) in [7, 11) is 0. The fraction of sp³-hybridized carbons (Fsp3) is 0.500. The second-order valence-electron chi connectivity index (χ2n) is 5.73. The van der Waals surface area contributed by atoms with Crippen LogP contribution in [0.3, 0.4) is 0 Å². The van der Waals surface area contributed by atoms with Crippen molar-refractivity contribution in [1.82, 2.24) is 9.97 Å². The number of ether oxygens (including phenoxy) is 1. The molecule has 1 atom stereocenters. The van der Waals surface area contributed by atoms with E-state index in [1.54, 1.807) is 0 Å². The zero-order valence-corrected chi connectivity index (χ0v) is 12.6. The van der Waals surface area contributed by atoms with Gasteiger partial charge in [-0.3, -0.25) is 0 Å². The number of benzene rings is 1. The van der Waals surface area contributed by atoms with Crippen molar-refractivity contribution >= 4 is 22.7 Å². The van der Waals surface area contributed by atoms with E-state index in [9.17, 15) is 0 Å². The van der Waals surface area contributed by atoms with Crippen LogP contribution in [0, 0.1) is 0 Å². The second kappa shape index (κ2) is 6.26. The highest BCUT2D eigenvalue weighted by Gasteiger charge is 2.16. The van der Waals surface area contributed by atoms with Gasteiger partial charge in [0, 0.05) is 24.6 Å². The Morgan fingerprint density at radius 3 is 2.90 bits per heavy atom. The molecule has 21 heavy (non-hydrogen) atoms. The van der Waals surface area contributed by atoms with Crippen molar-refractivity contribution in [2.75, 3.05) is 23.8 Å². The van der Waals surface area contributed by atoms with Gasteiger partial charge in [-0.05, 0) is 38.8 Å². The van der Waals surface area contributed by atoms with Gasteiger partial charge in [0.15, 0.2) is 0 Å². The Hall–Kier alpha value is -1.88. The van der Waals surface area contributed by atoms with Gasteiger partial charge < -0.3 is 15.4 Å². The van der Waals surface area contributed by atoms with Gasteiger partial charge in [0.05, 0.1) is 11.6 Å². The first-order valence-corrected chi connectivity index (χ1v) is 7.61. The summed E-state index contributed by atoms with van der Waals surface area (Å²) in [5.41, 5.74) is 0.950. The number of hydrogen-bond acceptors (Lipinski definition) is 5. The summed E-state index contributed by atoms with van der Waals surface area (Å²) in [5.74, 6) is 1.54. The lowest BCUT2D eigenvalue weighted by atomic mass is 10.2. The van der Waals surface area contributed by atoms with Gasteiger partial charge in [-0.25, -0.2) is 4.98 Å². The molecule has 5 nitrogen and oxygen atoms in total. The van der Waals surface area contributed by atoms with Gasteiger partial charge >= 0.3 is 0 Å². The molecule has 112 valence electrons. The number of nitrogens with one attached hydrogen (secondary N) is 2. The van der Waals surface area contributed by atoms with Crippen LogP contribution in [0.1, 0.15) is 26.7 Å². The quantitative estimate of drug-likeness (QED) is 0.884. The number of nitrogens with zero attached hydrogens (tertiary/aromatic N) is 2. The van der Waals surface area contributed by atoms with E-state index in [2.05, 4.69) is 34.4 Å². The third kappa shape index (κ3) is 3.42. The van der Waals surface area contributed by atoms with E-state index >= 15 is 0 Å². The van der Waals surface area contributed by atoms with Crippen molar-refractivity contribution in [1.29, 1.82) is 0 Å². The Bertz CT molecular complexity index is 608. The minimum absolute atomic E-state index is 0.292. The lowest BCUT2D eigenvalue weighted by Crippen LogP contribution is -2.20. The van der Waals surface area contributed by atoms with E-state index in [1.807, 2.05) is 24.3 Å². The average molecular weight is 286 g/mol. The molecule has 0 saturated carbocycles. The fourth-order valence-corrected chi connectivity index (χ4v) is 2.55. The molecule has 1 aliphatic heterocycles. The molecule has 5 heteroatoms. The van der Waals surface area contributed by atoms with Crippen molar-refractivity contribution in [2.45, 2.75) is 38.8 Å². The molecule has 0 aliphatic carbocycles. The third-order valence-electron chi connectivity index (χ3n) is 3.54. The molecule has 2 N–H and O–H groups in total. The lowest BCUT2D eigenvalue weighted by molar-refractivity contribution is 0.120. The summed E-state index contributed by atoms with van der Waals surface area (Å²) < 4.78 is 5.66. The Morgan fingerprint density at radius 1 is 1.29 bits per heavy atom. The van der Waals surface area contributed by atoms with E-state index in [1.165, 1.54) is 0 Å². The van der Waals surface area contributed by atoms with Crippen LogP contribution in [0.4, 0.5) is 11.8 Å². The molecule has 2 aromatic rings. The number of para-hydroxylation sites is 1. The van der Waals surface area contributed by atoms with Crippen LogP contribution in [0.15, 0.2) is 24.3 Å². The minimum atomic E-state index is 0.292. The molecule has 0 spiro atoms. The Kier molecular flexibility index (Phi) is 4.20. The second-order valence-corrected chi connectivity index (χ2v) is 5.73. The highest BCUT2D eigenvalue weighted by Crippen LogP contribution is 2.23. The van der Waals surface area contributed by atoms with E-state index in [-0.39, 0.29) is 0 Å². The van der Waals surface area contributed by atoms with E-state index in [4.69, 9.17) is 4.74 Å². The van der Waals surface area contributed by atoms with E-state index in [0.717, 1.165) is 42.7 Å². The van der Waals surface area contributed by atoms with Crippen LogP contribution in [0.25, 0.3) is 10.9 Å². The summed E-state index contributed by atoms with van der Waals surface area (Å²) in [6, 6.07) is 8.38. The lowest BCUT2D eigenvalue weighted by Gasteiger charge is -2.15. The average Bonchev–Trinajstić information content (AvgIpc) is 2.97. The van der Waals surface area contributed by atoms with Crippen molar-refractivity contribution in [2.24, 2.45) is 0 Å². The first-order chi connectivity index (χ1) is 10.2. The molecule has 1 unspecified atom stereocenters. The molecular weight excluding hydrogens is 264 g/mol. The highest BCUT2D eigenvalue weighted by molar-refractivity contribution is 5.90. The van der Waals surface area contributed by atoms with Crippen LogP contribution < -0.4 is 10.6 Å². The van der Waals surface area contributed by atoms with Crippen LogP contribution >= 0.6 is 0 Å². The zero-order valence-electron chi connectivity index (χ0n) is 12.6. The summed E-state index contributed by atoms with van der Waals surface area (Å²) in [6.45, 7) is 5.83. The summed E-state index contributed by atoms with van der Waals surface area (Å²) >= 11 is 0. The molecule has 2 heterocycles. The summed E-state index contributed by atoms with van der Waals surface area (Å²) in [5, 5.41) is 7.74. The topological polar surface area (TPSA) is 59.1 Å². The molecule has 0 radical (unpaired) electrons. The maximum absolute atomic E-state index is 5.66. The first-order valence-electron chi connectivity index (χ1n) is 7.61. The van der Waals surface area contributed by atoms with Gasteiger partial charge in [0.2, 0.25) is 5.95 Å². The monoisotopic (exact) mass is 286 g/mol. The van der Waals surface area contributed by atoms with E-state index in [0.29, 0.717) is 18.1 Å². The molecule has 1 aromatic carbocycles. The van der Waals surface area contributed by atoms with Crippen LogP contribution in [-0.2, 0) is 4.74 Å². The van der Waals surface area contributed by atoms with Crippen molar-refractivity contribution in [3.05, 3.63) is 24.3 Å². The molecular formula is C16H22N4O. The minimum Gasteiger partial charge on any atom is -0.376 e. The van der Waals surface area contributed by atoms with Gasteiger partial charge in [0.1, 0.15) is 5.82 Å². The molecule has 1 aliphatic rings. The smallest absolute Gasteiger partial charge is 0.225 e. The molecule has 0 bridgehead atoms. The van der Waals surface area contributed by atoms with Gasteiger partial charge in [-0.15, -0.1) is 0 Å². The third-order valence-corrected chi connectivity index (χ3v) is 3.54. The zero-order chi connectivity index (χ0) is 14.7. The SMILES string of the molecule is CC(C)Nc1nc(NCC2CCCO2)c2ccccc2n1. The molecule has 1 saturated heterocycles. The van der Waals surface area contributed by atoms with E-state index < -0.39 is 0 Å². The van der Waals surface area contributed by atoms with Gasteiger partial charge in [-0.1, -0.05) is 12.1 Å². The predicted octanol–water partition coefficient (Wildman–Crippen LogP) is 3.04. The normalized spacial score (nSPS) is 18.3. The first kappa shape index (κ1) is 14.1. The molecule has 1 fully saturated rings. The number of anilines is 2. The number of hydrogen-bond donors (Lipinski definition) is 2. The predicted molar refractivity (Wildman–Crippen MR) is 85.8 cm³/mol. The highest BCUT2D eigenvalue weighted by atomic mass is 16.5. The Labute approximate surface area is 125 Å². The maximum Gasteiger partial charge on any atom is 0.225 e. The van der Waals surface area contributed by atoms with Crippen LogP contribution in [-0.4, -0.2) is 35.3 Å². The molecule has 3 rings (SSSR count). The Morgan fingerprint density at radius 2 is 2.14 bits per heavy atom. The number of rotatable bonds is 5. The van der Waals surface area contributed by atoms with Crippen molar-refractivity contribution in [3.8, 4) is 0 Å². The van der Waals surface area contributed by atoms with Crippen LogP contribution in [0.5, 0.6) is 0 Å². The van der Waals surface area contributed by atoms with Gasteiger partial charge in [0.25, 0.3) is 0 Å². The summed E-state index contributed by atoms with van der Waals surface area (Å²) in [6.07, 6.45) is 2.56. The van der Waals surface area contributed by atoms with Crippen LogP contribution in [0.2, 0.25) is 0 Å². The standard InChI is InChI=1S/C16H22N4O/c1-11(2)18-16-19-14-8-4-3-7-13(14)15(20-16)17-10-12-6-5-9-21-12/h3-4,7-8,11-12H,5-6,9-10H2,1-2H3,(H2,17,18,19,20). The van der Waals surface area contributed by atoms with Crippen molar-refractivity contribution < 1.29 is 4.74 Å². The molecule has 1 aromatic heterocycles. The number of fused-ring (bicyclic) bond motifs is 1. The largest absolute Gasteiger partial charge is 0.376 e. The maximum atomic E-state index is 5.66. The Balaban J connectivity index is 1.86. The van der Waals surface area contributed by atoms with Gasteiger partial charge in [-0.2, -0.15) is 4.98 Å². The number of aromatic nitrogens is 2. The van der Waals surface area contributed by atoms with Crippen molar-refractivity contribution in [3.63, 3.8) is 0 Å². The fourth-order valence-electron chi connectivity index (χ4n) is 2.55. The molecule has 0 amide bonds.